The summed E-state index contributed by atoms with van der Waals surface area (Å²) in [7, 11) is 0. The van der Waals surface area contributed by atoms with E-state index < -0.39 is 17.3 Å². The van der Waals surface area contributed by atoms with E-state index in [4.69, 9.17) is 0 Å². The monoisotopic (exact) mass is 430 g/mol. The average Bonchev–Trinajstić information content (AvgIpc) is 3.08. The summed E-state index contributed by atoms with van der Waals surface area (Å²) in [5.74, 6) is -1.86. The highest BCUT2D eigenvalue weighted by Crippen LogP contribution is 2.60. The number of ketones is 3. The number of Topliss-reactive ketones (excluding diaryl/α,β-unsaturated/α-hetero) is 3. The third kappa shape index (κ3) is 2.94. The highest BCUT2D eigenvalue weighted by molar-refractivity contribution is 6.31. The molecule has 5 heteroatoms. The van der Waals surface area contributed by atoms with E-state index in [0.29, 0.717) is 33.4 Å². The molecule has 33 heavy (non-hydrogen) atoms. The zero-order valence-electron chi connectivity index (χ0n) is 17.6. The van der Waals surface area contributed by atoms with E-state index in [-0.39, 0.29) is 30.2 Å². The maximum absolute atomic E-state index is 14.1. The molecule has 1 saturated carbocycles. The van der Waals surface area contributed by atoms with Crippen molar-refractivity contribution in [1.29, 1.82) is 10.5 Å². The zero-order valence-corrected chi connectivity index (χ0v) is 17.6. The predicted octanol–water partition coefficient (Wildman–Crippen LogP) is 4.73. The van der Waals surface area contributed by atoms with E-state index in [2.05, 4.69) is 12.1 Å². The average molecular weight is 430 g/mol. The van der Waals surface area contributed by atoms with E-state index >= 15 is 0 Å². The lowest BCUT2D eigenvalue weighted by Crippen LogP contribution is -2.49. The van der Waals surface area contributed by atoms with Gasteiger partial charge in [0.25, 0.3) is 0 Å². The van der Waals surface area contributed by atoms with Crippen molar-refractivity contribution in [2.24, 2.45) is 5.41 Å². The van der Waals surface area contributed by atoms with Crippen molar-refractivity contribution in [3.8, 4) is 12.1 Å². The number of nitriles is 2. The first-order chi connectivity index (χ1) is 16.0. The number of rotatable bonds is 2. The largest absolute Gasteiger partial charge is 0.300 e. The Bertz CT molecular complexity index is 1280. The SMILES string of the molecule is N#Cc1ccc([C@H]2CC(=O)C[C@@H](c3ccc(C#N)cc3)C23C(=O)c2ccccc2C3=O)cc1. The van der Waals surface area contributed by atoms with Crippen LogP contribution in [0.15, 0.2) is 72.8 Å². The fourth-order valence-corrected chi connectivity index (χ4v) is 5.51. The molecule has 5 rings (SSSR count). The first-order valence-electron chi connectivity index (χ1n) is 10.7. The number of hydrogen-bond donors (Lipinski definition) is 0. The molecule has 0 aliphatic heterocycles. The number of carbonyl (C=O) groups excluding carboxylic acids is 3. The molecule has 1 fully saturated rings. The van der Waals surface area contributed by atoms with Crippen molar-refractivity contribution < 1.29 is 14.4 Å². The van der Waals surface area contributed by atoms with Gasteiger partial charge in [0.1, 0.15) is 11.2 Å². The minimum absolute atomic E-state index is 0.0269. The highest BCUT2D eigenvalue weighted by atomic mass is 16.2. The van der Waals surface area contributed by atoms with Gasteiger partial charge in [-0.3, -0.25) is 14.4 Å². The molecule has 0 amide bonds. The van der Waals surface area contributed by atoms with E-state index in [1.54, 1.807) is 72.8 Å². The Kier molecular flexibility index (Phi) is 4.77. The van der Waals surface area contributed by atoms with Gasteiger partial charge in [-0.1, -0.05) is 48.5 Å². The molecule has 0 bridgehead atoms. The van der Waals surface area contributed by atoms with E-state index in [0.717, 1.165) is 0 Å². The summed E-state index contributed by atoms with van der Waals surface area (Å²) >= 11 is 0. The molecule has 2 aliphatic carbocycles. The summed E-state index contributed by atoms with van der Waals surface area (Å²) in [5.41, 5.74) is 1.62. The van der Waals surface area contributed by atoms with Crippen LogP contribution < -0.4 is 0 Å². The molecule has 3 aromatic rings. The smallest absolute Gasteiger partial charge is 0.178 e. The molecular weight excluding hydrogens is 412 g/mol. The topological polar surface area (TPSA) is 98.8 Å². The molecule has 5 nitrogen and oxygen atoms in total. The van der Waals surface area contributed by atoms with Crippen molar-refractivity contribution in [2.45, 2.75) is 24.7 Å². The lowest BCUT2D eigenvalue weighted by molar-refractivity contribution is -0.122. The van der Waals surface area contributed by atoms with Crippen LogP contribution in [0.3, 0.4) is 0 Å². The second kappa shape index (κ2) is 7.65. The molecule has 0 N–H and O–H groups in total. The molecule has 2 aliphatic rings. The molecule has 0 unspecified atom stereocenters. The molecular formula is C28H18N2O3. The van der Waals surface area contributed by atoms with Crippen molar-refractivity contribution in [3.63, 3.8) is 0 Å². The standard InChI is InChI=1S/C28H18N2O3/c29-15-17-5-9-19(10-6-17)24-13-21(31)14-25(20-11-7-18(16-30)8-12-20)28(24)26(32)22-3-1-2-4-23(22)27(28)33/h1-12,24-25H,13-14H2/t24-,25+. The van der Waals surface area contributed by atoms with Crippen LogP contribution >= 0.6 is 0 Å². The molecule has 0 radical (unpaired) electrons. The van der Waals surface area contributed by atoms with Gasteiger partial charge in [0.15, 0.2) is 11.6 Å². The predicted molar refractivity (Wildman–Crippen MR) is 120 cm³/mol. The van der Waals surface area contributed by atoms with Gasteiger partial charge in [-0.05, 0) is 35.4 Å². The molecule has 158 valence electrons. The van der Waals surface area contributed by atoms with Crippen LogP contribution in [0.5, 0.6) is 0 Å². The van der Waals surface area contributed by atoms with Gasteiger partial charge in [0.2, 0.25) is 0 Å². The number of nitrogens with zero attached hydrogens (tertiary/aromatic N) is 2. The maximum Gasteiger partial charge on any atom is 0.178 e. The molecule has 0 aromatic heterocycles. The Balaban J connectivity index is 1.76. The van der Waals surface area contributed by atoms with E-state index in [1.807, 2.05) is 0 Å². The number of fused-ring (bicyclic) bond motifs is 1. The molecule has 0 saturated heterocycles. The van der Waals surface area contributed by atoms with Crippen LogP contribution in [0, 0.1) is 28.1 Å². The van der Waals surface area contributed by atoms with Crippen LogP contribution in [0.1, 0.15) is 67.6 Å². The summed E-state index contributed by atoms with van der Waals surface area (Å²) < 4.78 is 0. The third-order valence-electron chi connectivity index (χ3n) is 7.01. The van der Waals surface area contributed by atoms with Gasteiger partial charge in [-0.25, -0.2) is 0 Å². The Hall–Kier alpha value is -4.35. The summed E-state index contributed by atoms with van der Waals surface area (Å²) in [6.45, 7) is 0. The van der Waals surface area contributed by atoms with Gasteiger partial charge < -0.3 is 0 Å². The van der Waals surface area contributed by atoms with Gasteiger partial charge in [-0.2, -0.15) is 10.5 Å². The van der Waals surface area contributed by atoms with Crippen LogP contribution in [0.2, 0.25) is 0 Å². The van der Waals surface area contributed by atoms with E-state index in [9.17, 15) is 24.9 Å². The second-order valence-corrected chi connectivity index (χ2v) is 8.59. The van der Waals surface area contributed by atoms with E-state index in [1.165, 1.54) is 0 Å². The minimum Gasteiger partial charge on any atom is -0.300 e. The molecule has 2 atom stereocenters. The summed E-state index contributed by atoms with van der Waals surface area (Å²) in [4.78, 5) is 41.1. The maximum atomic E-state index is 14.1. The minimum atomic E-state index is -1.46. The van der Waals surface area contributed by atoms with Crippen LogP contribution in [-0.4, -0.2) is 17.3 Å². The summed E-state index contributed by atoms with van der Waals surface area (Å²) in [6, 6.07) is 24.5. The van der Waals surface area contributed by atoms with Gasteiger partial charge in [0, 0.05) is 35.8 Å². The fraction of sp³-hybridized carbons (Fsp3) is 0.179. The Morgan fingerprint density at radius 3 is 1.39 bits per heavy atom. The summed E-state index contributed by atoms with van der Waals surface area (Å²) in [6.07, 6.45) is 0.147. The Labute approximate surface area is 190 Å². The van der Waals surface area contributed by atoms with Crippen LogP contribution in [0.25, 0.3) is 0 Å². The van der Waals surface area contributed by atoms with Crippen LogP contribution in [0.4, 0.5) is 0 Å². The quantitative estimate of drug-likeness (QED) is 0.548. The second-order valence-electron chi connectivity index (χ2n) is 8.59. The van der Waals surface area contributed by atoms with Crippen LogP contribution in [-0.2, 0) is 4.79 Å². The molecule has 3 aromatic carbocycles. The first-order valence-corrected chi connectivity index (χ1v) is 10.7. The Morgan fingerprint density at radius 1 is 0.636 bits per heavy atom. The number of benzene rings is 3. The van der Waals surface area contributed by atoms with Crippen molar-refractivity contribution in [2.75, 3.05) is 0 Å². The van der Waals surface area contributed by atoms with Crippen molar-refractivity contribution in [1.82, 2.24) is 0 Å². The normalized spacial score (nSPS) is 20.8. The zero-order chi connectivity index (χ0) is 23.2. The molecule has 1 spiro atoms. The van der Waals surface area contributed by atoms with Crippen molar-refractivity contribution >= 4 is 17.3 Å². The molecule has 0 heterocycles. The number of hydrogen-bond acceptors (Lipinski definition) is 5. The Morgan fingerprint density at radius 2 is 1.03 bits per heavy atom. The first kappa shape index (κ1) is 20.5. The van der Waals surface area contributed by atoms with Gasteiger partial charge in [-0.15, -0.1) is 0 Å². The highest BCUT2D eigenvalue weighted by Gasteiger charge is 2.64. The lowest BCUT2D eigenvalue weighted by atomic mass is 9.54. The van der Waals surface area contributed by atoms with Gasteiger partial charge in [0.05, 0.1) is 23.3 Å². The summed E-state index contributed by atoms with van der Waals surface area (Å²) in [5, 5.41) is 18.4. The lowest BCUT2D eigenvalue weighted by Gasteiger charge is -2.44. The third-order valence-corrected chi connectivity index (χ3v) is 7.01. The van der Waals surface area contributed by atoms with Crippen molar-refractivity contribution in [3.05, 3.63) is 106 Å². The number of carbonyl (C=O) groups is 3. The fourth-order valence-electron chi connectivity index (χ4n) is 5.51. The van der Waals surface area contributed by atoms with Gasteiger partial charge >= 0.3 is 0 Å².